The van der Waals surface area contributed by atoms with E-state index >= 15 is 0 Å². The third kappa shape index (κ3) is 3.25. The molecule has 26 heavy (non-hydrogen) atoms. The molecule has 1 aliphatic heterocycles. The lowest BCUT2D eigenvalue weighted by atomic mass is 9.79. The van der Waals surface area contributed by atoms with E-state index in [0.29, 0.717) is 15.8 Å². The molecule has 2 atom stereocenters. The van der Waals surface area contributed by atoms with E-state index < -0.39 is 5.92 Å². The molecule has 0 radical (unpaired) electrons. The molecule has 0 aromatic heterocycles. The van der Waals surface area contributed by atoms with E-state index in [9.17, 15) is 5.26 Å². The van der Waals surface area contributed by atoms with Gasteiger partial charge in [0.25, 0.3) is 0 Å². The SMILES string of the molecule is CCN(CC)c1ccc2c(c1)OC(=N)C(C#N)C2c1ccc(Cl)c(Cl)c1. The average Bonchev–Trinajstić information content (AvgIpc) is 2.64. The van der Waals surface area contributed by atoms with Crippen molar-refractivity contribution >= 4 is 34.8 Å². The Morgan fingerprint density at radius 3 is 2.46 bits per heavy atom. The van der Waals surface area contributed by atoms with Gasteiger partial charge < -0.3 is 9.64 Å². The monoisotopic (exact) mass is 387 g/mol. The standard InChI is InChI=1S/C20H19Cl2N3O/c1-3-25(4-2)13-6-7-14-18(10-13)26-20(24)15(11-23)19(14)12-5-8-16(21)17(22)9-12/h5-10,15,19,24H,3-4H2,1-2H3. The number of nitrogens with zero attached hydrogens (tertiary/aromatic N) is 2. The van der Waals surface area contributed by atoms with Gasteiger partial charge in [0, 0.05) is 36.3 Å². The molecular weight excluding hydrogens is 369 g/mol. The Labute approximate surface area is 163 Å². The number of hydrogen-bond donors (Lipinski definition) is 1. The maximum Gasteiger partial charge on any atom is 0.205 e. The number of hydrogen-bond acceptors (Lipinski definition) is 4. The Balaban J connectivity index is 2.13. The first-order valence-corrected chi connectivity index (χ1v) is 9.25. The Morgan fingerprint density at radius 1 is 1.12 bits per heavy atom. The topological polar surface area (TPSA) is 60.1 Å². The summed E-state index contributed by atoms with van der Waals surface area (Å²) in [5, 5.41) is 18.7. The van der Waals surface area contributed by atoms with Gasteiger partial charge in [0.05, 0.1) is 16.1 Å². The van der Waals surface area contributed by atoms with Gasteiger partial charge >= 0.3 is 0 Å². The fourth-order valence-electron chi connectivity index (χ4n) is 3.38. The van der Waals surface area contributed by atoms with Crippen molar-refractivity contribution in [2.24, 2.45) is 5.92 Å². The van der Waals surface area contributed by atoms with Crippen LogP contribution in [0.4, 0.5) is 5.69 Å². The highest BCUT2D eigenvalue weighted by molar-refractivity contribution is 6.42. The highest BCUT2D eigenvalue weighted by Crippen LogP contribution is 2.44. The Hall–Kier alpha value is -2.22. The van der Waals surface area contributed by atoms with E-state index in [2.05, 4.69) is 24.8 Å². The minimum atomic E-state index is -0.709. The first-order chi connectivity index (χ1) is 12.5. The van der Waals surface area contributed by atoms with E-state index in [1.54, 1.807) is 12.1 Å². The van der Waals surface area contributed by atoms with Gasteiger partial charge in [-0.1, -0.05) is 35.3 Å². The van der Waals surface area contributed by atoms with Crippen LogP contribution in [-0.2, 0) is 0 Å². The van der Waals surface area contributed by atoms with E-state index in [-0.39, 0.29) is 11.8 Å². The summed E-state index contributed by atoms with van der Waals surface area (Å²) in [6, 6.07) is 13.5. The van der Waals surface area contributed by atoms with Crippen LogP contribution in [0, 0.1) is 22.7 Å². The van der Waals surface area contributed by atoms with Gasteiger partial charge in [0.1, 0.15) is 11.7 Å². The summed E-state index contributed by atoms with van der Waals surface area (Å²) in [5.41, 5.74) is 2.75. The normalized spacial score (nSPS) is 18.7. The summed E-state index contributed by atoms with van der Waals surface area (Å²) in [6.07, 6.45) is 0. The minimum absolute atomic E-state index is 0.0484. The van der Waals surface area contributed by atoms with Crippen LogP contribution >= 0.6 is 23.2 Å². The molecule has 6 heteroatoms. The zero-order valence-electron chi connectivity index (χ0n) is 14.6. The molecule has 0 saturated carbocycles. The molecule has 0 bridgehead atoms. The number of nitriles is 1. The highest BCUT2D eigenvalue weighted by Gasteiger charge is 2.37. The van der Waals surface area contributed by atoms with Gasteiger partial charge in [0.2, 0.25) is 5.90 Å². The lowest BCUT2D eigenvalue weighted by Crippen LogP contribution is -2.31. The molecule has 2 unspecified atom stereocenters. The Morgan fingerprint density at radius 2 is 1.85 bits per heavy atom. The molecule has 1 aliphatic rings. The molecule has 4 nitrogen and oxygen atoms in total. The molecule has 3 rings (SSSR count). The third-order valence-corrected chi connectivity index (χ3v) is 5.48. The maximum absolute atomic E-state index is 9.62. The minimum Gasteiger partial charge on any atom is -0.442 e. The first kappa shape index (κ1) is 18.6. The molecule has 0 saturated heterocycles. The van der Waals surface area contributed by atoms with Crippen molar-refractivity contribution in [1.29, 1.82) is 10.7 Å². The number of rotatable bonds is 4. The summed E-state index contributed by atoms with van der Waals surface area (Å²) in [7, 11) is 0. The summed E-state index contributed by atoms with van der Waals surface area (Å²) in [4.78, 5) is 2.21. The lowest BCUT2D eigenvalue weighted by Gasteiger charge is -2.32. The third-order valence-electron chi connectivity index (χ3n) is 4.74. The smallest absolute Gasteiger partial charge is 0.205 e. The molecule has 2 aromatic rings. The van der Waals surface area contributed by atoms with E-state index in [0.717, 1.165) is 29.9 Å². The van der Waals surface area contributed by atoms with Crippen LogP contribution in [0.5, 0.6) is 5.75 Å². The fourth-order valence-corrected chi connectivity index (χ4v) is 3.68. The van der Waals surface area contributed by atoms with Crippen LogP contribution in [-0.4, -0.2) is 19.0 Å². The van der Waals surface area contributed by atoms with Crippen LogP contribution in [0.15, 0.2) is 36.4 Å². The predicted octanol–water partition coefficient (Wildman–Crippen LogP) is 5.48. The van der Waals surface area contributed by atoms with E-state index in [1.165, 1.54) is 0 Å². The quantitative estimate of drug-likeness (QED) is 0.754. The van der Waals surface area contributed by atoms with Gasteiger partial charge in [-0.05, 0) is 37.6 Å². The molecule has 0 amide bonds. The summed E-state index contributed by atoms with van der Waals surface area (Å²) in [5.74, 6) is -0.467. The number of halogens is 2. The lowest BCUT2D eigenvalue weighted by molar-refractivity contribution is 0.450. The van der Waals surface area contributed by atoms with Crippen molar-refractivity contribution in [2.45, 2.75) is 19.8 Å². The number of fused-ring (bicyclic) bond motifs is 1. The van der Waals surface area contributed by atoms with Gasteiger partial charge in [-0.15, -0.1) is 0 Å². The van der Waals surface area contributed by atoms with Gasteiger partial charge in [-0.25, -0.2) is 0 Å². The second kappa shape index (κ2) is 7.57. The number of anilines is 1. The van der Waals surface area contributed by atoms with Crippen LogP contribution in [0.3, 0.4) is 0 Å². The molecule has 1 heterocycles. The van der Waals surface area contributed by atoms with Crippen molar-refractivity contribution in [2.75, 3.05) is 18.0 Å². The van der Waals surface area contributed by atoms with Crippen molar-refractivity contribution in [3.8, 4) is 11.8 Å². The second-order valence-electron chi connectivity index (χ2n) is 6.12. The van der Waals surface area contributed by atoms with Crippen LogP contribution in [0.25, 0.3) is 0 Å². The maximum atomic E-state index is 9.62. The van der Waals surface area contributed by atoms with Crippen molar-refractivity contribution in [3.05, 3.63) is 57.6 Å². The molecule has 2 aromatic carbocycles. The zero-order valence-corrected chi connectivity index (χ0v) is 16.1. The first-order valence-electron chi connectivity index (χ1n) is 8.49. The number of ether oxygens (including phenoxy) is 1. The van der Waals surface area contributed by atoms with Gasteiger partial charge in [-0.2, -0.15) is 5.26 Å². The Kier molecular flexibility index (Phi) is 5.41. The van der Waals surface area contributed by atoms with Crippen molar-refractivity contribution in [1.82, 2.24) is 0 Å². The van der Waals surface area contributed by atoms with Gasteiger partial charge in [-0.3, -0.25) is 5.41 Å². The van der Waals surface area contributed by atoms with Crippen molar-refractivity contribution in [3.63, 3.8) is 0 Å². The number of nitrogens with one attached hydrogen (secondary N) is 1. The molecule has 134 valence electrons. The van der Waals surface area contributed by atoms with Crippen LogP contribution < -0.4 is 9.64 Å². The highest BCUT2D eigenvalue weighted by atomic mass is 35.5. The number of benzene rings is 2. The predicted molar refractivity (Wildman–Crippen MR) is 106 cm³/mol. The van der Waals surface area contributed by atoms with Crippen LogP contribution in [0.1, 0.15) is 30.9 Å². The molecular formula is C20H19Cl2N3O. The molecule has 1 N–H and O–H groups in total. The second-order valence-corrected chi connectivity index (χ2v) is 6.93. The van der Waals surface area contributed by atoms with Crippen LogP contribution in [0.2, 0.25) is 10.0 Å². The average molecular weight is 388 g/mol. The summed E-state index contributed by atoms with van der Waals surface area (Å²) in [6.45, 7) is 5.94. The van der Waals surface area contributed by atoms with Gasteiger partial charge in [0.15, 0.2) is 0 Å². The zero-order chi connectivity index (χ0) is 18.8. The fraction of sp³-hybridized carbons (Fsp3) is 0.300. The molecule has 0 aliphatic carbocycles. The summed E-state index contributed by atoms with van der Waals surface area (Å²) < 4.78 is 5.70. The molecule has 0 spiro atoms. The Bertz CT molecular complexity index is 887. The molecule has 0 fully saturated rings. The largest absolute Gasteiger partial charge is 0.442 e. The van der Waals surface area contributed by atoms with E-state index in [1.807, 2.05) is 24.3 Å². The van der Waals surface area contributed by atoms with E-state index in [4.69, 9.17) is 33.3 Å². The van der Waals surface area contributed by atoms with Crippen molar-refractivity contribution < 1.29 is 4.74 Å². The summed E-state index contributed by atoms with van der Waals surface area (Å²) >= 11 is 12.2.